The van der Waals surface area contributed by atoms with Gasteiger partial charge < -0.3 is 10.2 Å². The predicted molar refractivity (Wildman–Crippen MR) is 97.5 cm³/mol. The number of carbonyl (C=O) groups is 1. The smallest absolute Gasteiger partial charge is 0.227 e. The van der Waals surface area contributed by atoms with E-state index in [1.807, 2.05) is 17.0 Å². The zero-order chi connectivity index (χ0) is 17.1. The number of nitrogens with one attached hydrogen (secondary N) is 1. The first-order valence-electron chi connectivity index (χ1n) is 7.98. The molecule has 2 aromatic rings. The van der Waals surface area contributed by atoms with Crippen LogP contribution in [0.4, 0.5) is 5.69 Å². The highest BCUT2D eigenvalue weighted by molar-refractivity contribution is 6.34. The standard InChI is InChI=1S/C18H19Cl2N3O/c1-12(21-11-17-16(20)9-14(19)10-22-17)13-4-2-5-15(8-13)23-7-3-6-18(23)24/h2,4-5,8-10,12,21H,3,6-7,11H2,1H3. The zero-order valence-electron chi connectivity index (χ0n) is 13.4. The normalized spacial score (nSPS) is 15.8. The summed E-state index contributed by atoms with van der Waals surface area (Å²) >= 11 is 12.0. The Balaban J connectivity index is 1.68. The van der Waals surface area contributed by atoms with Crippen LogP contribution in [0.3, 0.4) is 0 Å². The van der Waals surface area contributed by atoms with E-state index in [9.17, 15) is 4.79 Å². The highest BCUT2D eigenvalue weighted by atomic mass is 35.5. The second-order valence-corrected chi connectivity index (χ2v) is 6.77. The fourth-order valence-corrected chi connectivity index (χ4v) is 3.27. The number of pyridine rings is 1. The molecule has 0 saturated carbocycles. The molecular weight excluding hydrogens is 345 g/mol. The summed E-state index contributed by atoms with van der Waals surface area (Å²) in [6.45, 7) is 3.42. The molecule has 1 atom stereocenters. The fraction of sp³-hybridized carbons (Fsp3) is 0.333. The summed E-state index contributed by atoms with van der Waals surface area (Å²) in [5.41, 5.74) is 2.85. The van der Waals surface area contributed by atoms with Gasteiger partial charge in [-0.25, -0.2) is 0 Å². The van der Waals surface area contributed by atoms with Gasteiger partial charge >= 0.3 is 0 Å². The van der Waals surface area contributed by atoms with E-state index in [1.54, 1.807) is 12.3 Å². The maximum Gasteiger partial charge on any atom is 0.227 e. The lowest BCUT2D eigenvalue weighted by molar-refractivity contribution is -0.117. The quantitative estimate of drug-likeness (QED) is 0.857. The number of carbonyl (C=O) groups excluding carboxylic acids is 1. The van der Waals surface area contributed by atoms with Crippen LogP contribution in [0.15, 0.2) is 36.5 Å². The Morgan fingerprint density at radius 1 is 1.33 bits per heavy atom. The van der Waals surface area contributed by atoms with Crippen LogP contribution in [0.2, 0.25) is 10.0 Å². The van der Waals surface area contributed by atoms with Crippen LogP contribution >= 0.6 is 23.2 Å². The molecule has 1 aromatic heterocycles. The van der Waals surface area contributed by atoms with Crippen LogP contribution in [0.5, 0.6) is 0 Å². The van der Waals surface area contributed by atoms with E-state index >= 15 is 0 Å². The van der Waals surface area contributed by atoms with Crippen molar-refractivity contribution in [2.24, 2.45) is 0 Å². The van der Waals surface area contributed by atoms with Gasteiger partial charge in [-0.1, -0.05) is 35.3 Å². The summed E-state index contributed by atoms with van der Waals surface area (Å²) in [5, 5.41) is 4.49. The predicted octanol–water partition coefficient (Wildman–Crippen LogP) is 4.37. The van der Waals surface area contributed by atoms with Crippen molar-refractivity contribution in [1.82, 2.24) is 10.3 Å². The molecule has 24 heavy (non-hydrogen) atoms. The molecule has 1 aliphatic heterocycles. The number of benzene rings is 1. The number of aromatic nitrogens is 1. The van der Waals surface area contributed by atoms with Crippen molar-refractivity contribution in [3.05, 3.63) is 57.8 Å². The van der Waals surface area contributed by atoms with Crippen molar-refractivity contribution in [2.45, 2.75) is 32.4 Å². The molecule has 1 amide bonds. The summed E-state index contributed by atoms with van der Waals surface area (Å²) < 4.78 is 0. The minimum atomic E-state index is 0.108. The van der Waals surface area contributed by atoms with E-state index in [2.05, 4.69) is 29.4 Å². The van der Waals surface area contributed by atoms with E-state index in [-0.39, 0.29) is 11.9 Å². The minimum Gasteiger partial charge on any atom is -0.312 e. The maximum atomic E-state index is 11.9. The van der Waals surface area contributed by atoms with Gasteiger partial charge in [-0.05, 0) is 37.1 Å². The summed E-state index contributed by atoms with van der Waals surface area (Å²) in [6, 6.07) is 9.89. The molecule has 3 rings (SSSR count). The number of rotatable bonds is 5. The Morgan fingerprint density at radius 3 is 2.88 bits per heavy atom. The van der Waals surface area contributed by atoms with Crippen molar-refractivity contribution in [1.29, 1.82) is 0 Å². The number of hydrogen-bond donors (Lipinski definition) is 1. The van der Waals surface area contributed by atoms with E-state index in [0.29, 0.717) is 23.0 Å². The van der Waals surface area contributed by atoms with Gasteiger partial charge in [0.1, 0.15) is 0 Å². The van der Waals surface area contributed by atoms with Gasteiger partial charge in [-0.2, -0.15) is 0 Å². The number of anilines is 1. The maximum absolute atomic E-state index is 11.9. The lowest BCUT2D eigenvalue weighted by atomic mass is 10.1. The minimum absolute atomic E-state index is 0.108. The van der Waals surface area contributed by atoms with Gasteiger partial charge in [-0.15, -0.1) is 0 Å². The molecule has 1 aromatic carbocycles. The number of amides is 1. The molecule has 1 fully saturated rings. The summed E-state index contributed by atoms with van der Waals surface area (Å²) in [4.78, 5) is 18.0. The molecule has 6 heteroatoms. The number of halogens is 2. The second kappa shape index (κ2) is 7.51. The molecule has 2 heterocycles. The fourth-order valence-electron chi connectivity index (χ4n) is 2.82. The van der Waals surface area contributed by atoms with Crippen molar-refractivity contribution < 1.29 is 4.79 Å². The van der Waals surface area contributed by atoms with Crippen LogP contribution in [-0.4, -0.2) is 17.4 Å². The largest absolute Gasteiger partial charge is 0.312 e. The van der Waals surface area contributed by atoms with Crippen molar-refractivity contribution in [2.75, 3.05) is 11.4 Å². The van der Waals surface area contributed by atoms with Crippen LogP contribution in [0.25, 0.3) is 0 Å². The third kappa shape index (κ3) is 3.89. The van der Waals surface area contributed by atoms with Crippen LogP contribution < -0.4 is 10.2 Å². The van der Waals surface area contributed by atoms with E-state index in [0.717, 1.165) is 29.9 Å². The highest BCUT2D eigenvalue weighted by Crippen LogP contribution is 2.25. The molecule has 4 nitrogen and oxygen atoms in total. The van der Waals surface area contributed by atoms with Gasteiger partial charge in [0, 0.05) is 37.4 Å². The van der Waals surface area contributed by atoms with Gasteiger partial charge in [0.25, 0.3) is 0 Å². The molecule has 1 saturated heterocycles. The third-order valence-corrected chi connectivity index (χ3v) is 4.75. The number of hydrogen-bond acceptors (Lipinski definition) is 3. The SMILES string of the molecule is CC(NCc1ncc(Cl)cc1Cl)c1cccc(N2CCCC2=O)c1. The Kier molecular flexibility index (Phi) is 5.39. The van der Waals surface area contributed by atoms with E-state index in [1.165, 1.54) is 0 Å². The van der Waals surface area contributed by atoms with Crippen LogP contribution in [-0.2, 0) is 11.3 Å². The molecule has 0 aliphatic carbocycles. The lowest BCUT2D eigenvalue weighted by Crippen LogP contribution is -2.24. The molecule has 1 aliphatic rings. The summed E-state index contributed by atoms with van der Waals surface area (Å²) in [6.07, 6.45) is 3.16. The summed E-state index contributed by atoms with van der Waals surface area (Å²) in [5.74, 6) is 0.199. The molecule has 1 unspecified atom stereocenters. The van der Waals surface area contributed by atoms with Crippen molar-refractivity contribution in [3.8, 4) is 0 Å². The Hall–Kier alpha value is -1.62. The molecule has 0 spiro atoms. The Bertz CT molecular complexity index is 751. The Labute approximate surface area is 151 Å². The monoisotopic (exact) mass is 363 g/mol. The zero-order valence-corrected chi connectivity index (χ0v) is 14.9. The molecule has 1 N–H and O–H groups in total. The van der Waals surface area contributed by atoms with E-state index in [4.69, 9.17) is 23.2 Å². The molecule has 0 bridgehead atoms. The van der Waals surface area contributed by atoms with Gasteiger partial charge in [0.2, 0.25) is 5.91 Å². The average Bonchev–Trinajstić information content (AvgIpc) is 3.00. The molecule has 0 radical (unpaired) electrons. The first-order valence-corrected chi connectivity index (χ1v) is 8.74. The lowest BCUT2D eigenvalue weighted by Gasteiger charge is -2.19. The topological polar surface area (TPSA) is 45.2 Å². The molecular formula is C18H19Cl2N3O. The van der Waals surface area contributed by atoms with Crippen LogP contribution in [0.1, 0.15) is 37.1 Å². The van der Waals surface area contributed by atoms with E-state index < -0.39 is 0 Å². The third-order valence-electron chi connectivity index (χ3n) is 4.22. The van der Waals surface area contributed by atoms with Crippen molar-refractivity contribution in [3.63, 3.8) is 0 Å². The first kappa shape index (κ1) is 17.2. The van der Waals surface area contributed by atoms with Gasteiger partial charge in [0.15, 0.2) is 0 Å². The number of nitrogens with zero attached hydrogens (tertiary/aromatic N) is 2. The van der Waals surface area contributed by atoms with Crippen LogP contribution in [0, 0.1) is 0 Å². The first-order chi connectivity index (χ1) is 11.5. The summed E-state index contributed by atoms with van der Waals surface area (Å²) in [7, 11) is 0. The highest BCUT2D eigenvalue weighted by Gasteiger charge is 2.22. The van der Waals surface area contributed by atoms with Gasteiger partial charge in [-0.3, -0.25) is 9.78 Å². The average molecular weight is 364 g/mol. The Morgan fingerprint density at radius 2 is 2.17 bits per heavy atom. The van der Waals surface area contributed by atoms with Crippen molar-refractivity contribution >= 4 is 34.8 Å². The van der Waals surface area contributed by atoms with Gasteiger partial charge in [0.05, 0.1) is 15.7 Å². The molecule has 126 valence electrons. The second-order valence-electron chi connectivity index (χ2n) is 5.93.